The van der Waals surface area contributed by atoms with E-state index in [0.717, 1.165) is 20.1 Å². The molecule has 7 heteroatoms. The van der Waals surface area contributed by atoms with Crippen LogP contribution < -0.4 is 0 Å². The molecule has 4 aromatic rings. The molecule has 2 heterocycles. The second-order valence-corrected chi connectivity index (χ2v) is 8.22. The predicted molar refractivity (Wildman–Crippen MR) is 98.6 cm³/mol. The summed E-state index contributed by atoms with van der Waals surface area (Å²) in [6, 6.07) is 15.5. The van der Waals surface area contributed by atoms with Crippen molar-refractivity contribution in [3.63, 3.8) is 0 Å². The molecule has 2 aromatic heterocycles. The minimum absolute atomic E-state index is 0.0194. The maximum atomic E-state index is 6.02. The highest BCUT2D eigenvalue weighted by Gasteiger charge is 2.18. The molecule has 0 fully saturated rings. The van der Waals surface area contributed by atoms with Crippen molar-refractivity contribution in [1.29, 1.82) is 0 Å². The summed E-state index contributed by atoms with van der Waals surface area (Å²) < 4.78 is 7.88. The number of thiazole rings is 1. The topological polar surface area (TPSA) is 51.8 Å². The number of hydrogen-bond acceptors (Lipinski definition) is 6. The van der Waals surface area contributed by atoms with Gasteiger partial charge in [0.1, 0.15) is 0 Å². The van der Waals surface area contributed by atoms with Gasteiger partial charge in [-0.3, -0.25) is 0 Å². The van der Waals surface area contributed by atoms with E-state index < -0.39 is 0 Å². The first kappa shape index (κ1) is 15.6. The van der Waals surface area contributed by atoms with Gasteiger partial charge in [0.15, 0.2) is 4.34 Å². The summed E-state index contributed by atoms with van der Waals surface area (Å²) in [4.78, 5) is 4.61. The number of fused-ring (bicyclic) bond motifs is 1. The normalized spacial score (nSPS) is 12.6. The largest absolute Gasteiger partial charge is 0.419 e. The van der Waals surface area contributed by atoms with Crippen molar-refractivity contribution in [3.8, 4) is 11.5 Å². The van der Waals surface area contributed by atoms with Gasteiger partial charge in [-0.25, -0.2) is 4.98 Å². The molecule has 1 atom stereocenters. The fraction of sp³-hybridized carbons (Fsp3) is 0.118. The van der Waals surface area contributed by atoms with Gasteiger partial charge in [0.05, 0.1) is 15.5 Å². The maximum Gasteiger partial charge on any atom is 0.247 e. The molecule has 120 valence electrons. The van der Waals surface area contributed by atoms with Gasteiger partial charge >= 0.3 is 0 Å². The average Bonchev–Trinajstić information content (AvgIpc) is 3.22. The zero-order valence-corrected chi connectivity index (χ0v) is 15.0. The number of rotatable bonds is 4. The van der Waals surface area contributed by atoms with Crippen molar-refractivity contribution in [2.24, 2.45) is 0 Å². The lowest BCUT2D eigenvalue weighted by atomic mass is 10.2. The molecule has 0 saturated heterocycles. The Balaban J connectivity index is 1.55. The first-order valence-corrected chi connectivity index (χ1v) is 9.38. The molecule has 0 N–H and O–H groups in total. The summed E-state index contributed by atoms with van der Waals surface area (Å²) >= 11 is 9.26. The Morgan fingerprint density at radius 2 is 1.96 bits per heavy atom. The van der Waals surface area contributed by atoms with Crippen LogP contribution in [0.1, 0.15) is 18.1 Å². The third kappa shape index (κ3) is 3.17. The summed E-state index contributed by atoms with van der Waals surface area (Å²) in [5, 5.41) is 9.03. The Hall–Kier alpha value is -1.89. The molecule has 0 aliphatic heterocycles. The van der Waals surface area contributed by atoms with E-state index in [9.17, 15) is 0 Å². The molecule has 0 saturated carbocycles. The molecule has 4 rings (SSSR count). The van der Waals surface area contributed by atoms with Crippen LogP contribution in [-0.4, -0.2) is 15.2 Å². The van der Waals surface area contributed by atoms with Crippen molar-refractivity contribution in [2.45, 2.75) is 16.5 Å². The van der Waals surface area contributed by atoms with E-state index in [1.165, 1.54) is 0 Å². The third-order valence-electron chi connectivity index (χ3n) is 3.42. The smallest absolute Gasteiger partial charge is 0.247 e. The lowest BCUT2D eigenvalue weighted by Gasteiger charge is -2.02. The summed E-state index contributed by atoms with van der Waals surface area (Å²) in [6.45, 7) is 2.03. The number of aromatic nitrogens is 3. The summed E-state index contributed by atoms with van der Waals surface area (Å²) in [6.07, 6.45) is 0. The van der Waals surface area contributed by atoms with Gasteiger partial charge in [0.2, 0.25) is 11.8 Å². The molecule has 2 aromatic carbocycles. The first-order chi connectivity index (χ1) is 11.7. The summed E-state index contributed by atoms with van der Waals surface area (Å²) in [5.74, 6) is 1.13. The highest BCUT2D eigenvalue weighted by atomic mass is 35.5. The fourth-order valence-corrected chi connectivity index (χ4v) is 4.62. The van der Waals surface area contributed by atoms with E-state index in [2.05, 4.69) is 15.2 Å². The molecular formula is C17H12ClN3OS2. The number of hydrogen-bond donors (Lipinski definition) is 0. The van der Waals surface area contributed by atoms with Crippen molar-refractivity contribution in [1.82, 2.24) is 15.2 Å². The molecule has 0 radical (unpaired) electrons. The average molecular weight is 374 g/mol. The quantitative estimate of drug-likeness (QED) is 0.420. The Morgan fingerprint density at radius 3 is 2.79 bits per heavy atom. The highest BCUT2D eigenvalue weighted by molar-refractivity contribution is 8.01. The van der Waals surface area contributed by atoms with E-state index in [4.69, 9.17) is 16.0 Å². The second-order valence-electron chi connectivity index (χ2n) is 5.16. The fourth-order valence-electron chi connectivity index (χ4n) is 2.23. The molecule has 0 aliphatic rings. The first-order valence-electron chi connectivity index (χ1n) is 7.30. The SMILES string of the molecule is C[C@H](Sc1nc2cc(Cl)ccc2s1)c1nnc(-c2ccccc2)o1. The predicted octanol–water partition coefficient (Wildman–Crippen LogP) is 5.85. The molecule has 0 aliphatic carbocycles. The van der Waals surface area contributed by atoms with Crippen LogP contribution in [0.15, 0.2) is 57.3 Å². The zero-order valence-electron chi connectivity index (χ0n) is 12.6. The van der Waals surface area contributed by atoms with Crippen molar-refractivity contribution >= 4 is 44.9 Å². The van der Waals surface area contributed by atoms with Gasteiger partial charge in [-0.05, 0) is 37.3 Å². The Bertz CT molecular complexity index is 984. The van der Waals surface area contributed by atoms with E-state index in [-0.39, 0.29) is 5.25 Å². The van der Waals surface area contributed by atoms with E-state index in [1.54, 1.807) is 23.1 Å². The van der Waals surface area contributed by atoms with Crippen molar-refractivity contribution < 1.29 is 4.42 Å². The molecule has 0 spiro atoms. The van der Waals surface area contributed by atoms with Crippen molar-refractivity contribution in [3.05, 3.63) is 59.4 Å². The van der Waals surface area contributed by atoms with Crippen LogP contribution in [-0.2, 0) is 0 Å². The summed E-state index contributed by atoms with van der Waals surface area (Å²) in [7, 11) is 0. The number of thioether (sulfide) groups is 1. The second kappa shape index (κ2) is 6.55. The van der Waals surface area contributed by atoms with Crippen LogP contribution in [0.25, 0.3) is 21.7 Å². The third-order valence-corrected chi connectivity index (χ3v) is 5.87. The Labute approximate surface area is 151 Å². The van der Waals surface area contributed by atoms with E-state index in [1.807, 2.05) is 55.5 Å². The molecule has 0 bridgehead atoms. The van der Waals surface area contributed by atoms with Gasteiger partial charge in [0, 0.05) is 10.6 Å². The van der Waals surface area contributed by atoms with Crippen LogP contribution in [0.4, 0.5) is 0 Å². The molecule has 0 amide bonds. The standard InChI is InChI=1S/C17H12ClN3OS2/c1-10(15-20-21-16(22-15)11-5-3-2-4-6-11)23-17-19-13-9-12(18)7-8-14(13)24-17/h2-10H,1H3/t10-/m0/s1. The minimum Gasteiger partial charge on any atom is -0.419 e. The summed E-state index contributed by atoms with van der Waals surface area (Å²) in [5.41, 5.74) is 1.83. The monoisotopic (exact) mass is 373 g/mol. The Morgan fingerprint density at radius 1 is 1.12 bits per heavy atom. The molecule has 24 heavy (non-hydrogen) atoms. The lowest BCUT2D eigenvalue weighted by molar-refractivity contribution is 0.509. The molecule has 4 nitrogen and oxygen atoms in total. The number of nitrogens with zero attached hydrogens (tertiary/aromatic N) is 3. The minimum atomic E-state index is 0.0194. The number of halogens is 1. The molecule has 0 unspecified atom stereocenters. The van der Waals surface area contributed by atoms with Crippen LogP contribution in [0, 0.1) is 0 Å². The zero-order chi connectivity index (χ0) is 16.5. The lowest BCUT2D eigenvalue weighted by Crippen LogP contribution is -1.88. The van der Waals surface area contributed by atoms with Crippen molar-refractivity contribution in [2.75, 3.05) is 0 Å². The van der Waals surface area contributed by atoms with Crippen LogP contribution in [0.5, 0.6) is 0 Å². The van der Waals surface area contributed by atoms with Gasteiger partial charge in [0.25, 0.3) is 0 Å². The maximum absolute atomic E-state index is 6.02. The molecular weight excluding hydrogens is 362 g/mol. The van der Waals surface area contributed by atoms with E-state index in [0.29, 0.717) is 16.8 Å². The number of benzene rings is 2. The van der Waals surface area contributed by atoms with Gasteiger partial charge in [-0.2, -0.15) is 0 Å². The Kier molecular flexibility index (Phi) is 4.26. The van der Waals surface area contributed by atoms with Crippen LogP contribution in [0.2, 0.25) is 5.02 Å². The van der Waals surface area contributed by atoms with Crippen LogP contribution >= 0.6 is 34.7 Å². The van der Waals surface area contributed by atoms with Crippen LogP contribution in [0.3, 0.4) is 0 Å². The van der Waals surface area contributed by atoms with Gasteiger partial charge in [-0.15, -0.1) is 21.5 Å². The van der Waals surface area contributed by atoms with Gasteiger partial charge in [-0.1, -0.05) is 41.6 Å². The highest BCUT2D eigenvalue weighted by Crippen LogP contribution is 2.39. The van der Waals surface area contributed by atoms with Gasteiger partial charge < -0.3 is 4.42 Å². The van der Waals surface area contributed by atoms with E-state index >= 15 is 0 Å².